The van der Waals surface area contributed by atoms with Crippen molar-refractivity contribution in [3.8, 4) is 0 Å². The van der Waals surface area contributed by atoms with E-state index in [4.69, 9.17) is 11.6 Å². The predicted molar refractivity (Wildman–Crippen MR) is 72.8 cm³/mol. The van der Waals surface area contributed by atoms with Crippen LogP contribution in [-0.2, 0) is 13.5 Å². The highest BCUT2D eigenvalue weighted by atomic mass is 35.5. The van der Waals surface area contributed by atoms with Crippen molar-refractivity contribution in [3.05, 3.63) is 34.9 Å². The zero-order valence-electron chi connectivity index (χ0n) is 11.0. The molecule has 102 valence electrons. The van der Waals surface area contributed by atoms with E-state index in [0.717, 1.165) is 18.7 Å². The smallest absolute Gasteiger partial charge is 0.176 e. The lowest BCUT2D eigenvalue weighted by Gasteiger charge is -2.17. The molecule has 7 heteroatoms. The third-order valence-electron chi connectivity index (χ3n) is 2.69. The molecule has 1 atom stereocenters. The fourth-order valence-corrected chi connectivity index (χ4v) is 2.08. The summed E-state index contributed by atoms with van der Waals surface area (Å²) in [5, 5.41) is 16.1. The lowest BCUT2D eigenvalue weighted by molar-refractivity contribution is 0.506. The number of pyridine rings is 1. The number of nitrogens with zero attached hydrogens (tertiary/aromatic N) is 5. The van der Waals surface area contributed by atoms with Crippen LogP contribution < -0.4 is 5.32 Å². The molecule has 1 N–H and O–H groups in total. The van der Waals surface area contributed by atoms with Gasteiger partial charge >= 0.3 is 0 Å². The summed E-state index contributed by atoms with van der Waals surface area (Å²) >= 11 is 6.21. The molecule has 2 aromatic heterocycles. The average molecular weight is 281 g/mol. The first-order valence-electron chi connectivity index (χ1n) is 6.27. The molecule has 0 amide bonds. The Kier molecular flexibility index (Phi) is 4.81. The summed E-state index contributed by atoms with van der Waals surface area (Å²) < 4.78 is 0. The Bertz CT molecular complexity index is 526. The van der Waals surface area contributed by atoms with Gasteiger partial charge in [0.25, 0.3) is 0 Å². The zero-order valence-corrected chi connectivity index (χ0v) is 11.8. The van der Waals surface area contributed by atoms with Crippen LogP contribution in [0.4, 0.5) is 0 Å². The summed E-state index contributed by atoms with van der Waals surface area (Å²) in [6, 6.07) is 3.66. The van der Waals surface area contributed by atoms with Crippen molar-refractivity contribution in [1.82, 2.24) is 30.5 Å². The SMILES string of the molecule is CCCNC(Cc1nnn(C)n1)c1ncccc1Cl. The summed E-state index contributed by atoms with van der Waals surface area (Å²) in [7, 11) is 1.75. The third kappa shape index (κ3) is 3.71. The molecule has 0 fully saturated rings. The van der Waals surface area contributed by atoms with Crippen molar-refractivity contribution in [2.45, 2.75) is 25.8 Å². The predicted octanol–water partition coefficient (Wildman–Crippen LogP) is 1.54. The molecule has 0 saturated carbocycles. The molecule has 0 aliphatic heterocycles. The van der Waals surface area contributed by atoms with E-state index < -0.39 is 0 Å². The van der Waals surface area contributed by atoms with Gasteiger partial charge in [-0.25, -0.2) is 0 Å². The van der Waals surface area contributed by atoms with Gasteiger partial charge in [-0.15, -0.1) is 10.2 Å². The van der Waals surface area contributed by atoms with Gasteiger partial charge in [0.2, 0.25) is 0 Å². The van der Waals surface area contributed by atoms with E-state index in [1.807, 2.05) is 12.1 Å². The second-order valence-corrected chi connectivity index (χ2v) is 4.68. The van der Waals surface area contributed by atoms with Crippen LogP contribution in [0.2, 0.25) is 5.02 Å². The van der Waals surface area contributed by atoms with Crippen LogP contribution in [0.15, 0.2) is 18.3 Å². The van der Waals surface area contributed by atoms with E-state index in [1.165, 1.54) is 4.80 Å². The molecular weight excluding hydrogens is 264 g/mol. The first-order chi connectivity index (χ1) is 9.20. The summed E-state index contributed by atoms with van der Waals surface area (Å²) in [6.07, 6.45) is 3.39. The van der Waals surface area contributed by atoms with Crippen LogP contribution in [0.25, 0.3) is 0 Å². The number of halogens is 1. The fraction of sp³-hybridized carbons (Fsp3) is 0.500. The van der Waals surface area contributed by atoms with Crippen LogP contribution in [0.1, 0.15) is 30.9 Å². The van der Waals surface area contributed by atoms with Crippen LogP contribution in [-0.4, -0.2) is 31.7 Å². The zero-order chi connectivity index (χ0) is 13.7. The van der Waals surface area contributed by atoms with Gasteiger partial charge in [-0.3, -0.25) is 4.98 Å². The first-order valence-corrected chi connectivity index (χ1v) is 6.65. The van der Waals surface area contributed by atoms with Crippen LogP contribution >= 0.6 is 11.6 Å². The molecule has 2 heterocycles. The molecule has 2 rings (SSSR count). The third-order valence-corrected chi connectivity index (χ3v) is 3.01. The second-order valence-electron chi connectivity index (χ2n) is 4.28. The maximum absolute atomic E-state index is 6.21. The number of aryl methyl sites for hydroxylation is 1. The number of nitrogens with one attached hydrogen (secondary N) is 1. The number of tetrazole rings is 1. The van der Waals surface area contributed by atoms with Crippen LogP contribution in [0.3, 0.4) is 0 Å². The summed E-state index contributed by atoms with van der Waals surface area (Å²) in [6.45, 7) is 3.00. The molecule has 19 heavy (non-hydrogen) atoms. The van der Waals surface area contributed by atoms with Gasteiger partial charge in [-0.05, 0) is 30.3 Å². The highest BCUT2D eigenvalue weighted by Crippen LogP contribution is 2.22. The molecule has 0 saturated heterocycles. The molecular formula is C12H17ClN6. The summed E-state index contributed by atoms with van der Waals surface area (Å²) in [5.41, 5.74) is 0.824. The average Bonchev–Trinajstić information content (AvgIpc) is 2.81. The van der Waals surface area contributed by atoms with Gasteiger partial charge in [-0.1, -0.05) is 18.5 Å². The minimum absolute atomic E-state index is 0.00199. The molecule has 1 unspecified atom stereocenters. The Balaban J connectivity index is 2.18. The van der Waals surface area contributed by atoms with Crippen molar-refractivity contribution in [2.75, 3.05) is 6.54 Å². The first kappa shape index (κ1) is 13.9. The maximum atomic E-state index is 6.21. The number of aromatic nitrogens is 5. The minimum Gasteiger partial charge on any atom is -0.308 e. The monoisotopic (exact) mass is 280 g/mol. The maximum Gasteiger partial charge on any atom is 0.176 e. The Morgan fingerprint density at radius 1 is 1.47 bits per heavy atom. The minimum atomic E-state index is -0.00199. The Morgan fingerprint density at radius 2 is 2.32 bits per heavy atom. The van der Waals surface area contributed by atoms with Gasteiger partial charge < -0.3 is 5.32 Å². The Hall–Kier alpha value is -1.53. The van der Waals surface area contributed by atoms with Crippen LogP contribution in [0.5, 0.6) is 0 Å². The van der Waals surface area contributed by atoms with Crippen molar-refractivity contribution in [3.63, 3.8) is 0 Å². The lowest BCUT2D eigenvalue weighted by atomic mass is 10.1. The molecule has 0 bridgehead atoms. The molecule has 0 radical (unpaired) electrons. The quantitative estimate of drug-likeness (QED) is 0.869. The van der Waals surface area contributed by atoms with Gasteiger partial charge in [0.1, 0.15) is 0 Å². The highest BCUT2D eigenvalue weighted by Gasteiger charge is 2.18. The van der Waals surface area contributed by atoms with E-state index in [2.05, 4.69) is 32.6 Å². The fourth-order valence-electron chi connectivity index (χ4n) is 1.83. The number of rotatable bonds is 6. The van der Waals surface area contributed by atoms with Gasteiger partial charge in [-0.2, -0.15) is 4.80 Å². The molecule has 0 aliphatic rings. The van der Waals surface area contributed by atoms with E-state index >= 15 is 0 Å². The normalized spacial score (nSPS) is 12.6. The van der Waals surface area contributed by atoms with E-state index in [-0.39, 0.29) is 6.04 Å². The molecule has 6 nitrogen and oxygen atoms in total. The van der Waals surface area contributed by atoms with Gasteiger partial charge in [0.15, 0.2) is 5.82 Å². The van der Waals surface area contributed by atoms with Gasteiger partial charge in [0.05, 0.1) is 23.8 Å². The Labute approximate surface area is 117 Å². The molecule has 0 spiro atoms. The Morgan fingerprint density at radius 3 is 2.95 bits per heavy atom. The van der Waals surface area contributed by atoms with Crippen molar-refractivity contribution in [2.24, 2.45) is 7.05 Å². The number of hydrogen-bond donors (Lipinski definition) is 1. The molecule has 2 aromatic rings. The van der Waals surface area contributed by atoms with E-state index in [9.17, 15) is 0 Å². The van der Waals surface area contributed by atoms with Crippen molar-refractivity contribution < 1.29 is 0 Å². The van der Waals surface area contributed by atoms with Crippen molar-refractivity contribution in [1.29, 1.82) is 0 Å². The van der Waals surface area contributed by atoms with Crippen molar-refractivity contribution >= 4 is 11.6 Å². The topological polar surface area (TPSA) is 68.5 Å². The lowest BCUT2D eigenvalue weighted by Crippen LogP contribution is -2.25. The highest BCUT2D eigenvalue weighted by molar-refractivity contribution is 6.31. The van der Waals surface area contributed by atoms with Crippen LogP contribution in [0, 0.1) is 0 Å². The standard InChI is InChI=1S/C12H17ClN6/c1-3-6-14-10(8-11-16-18-19(2)17-11)12-9(13)5-4-7-15-12/h4-5,7,10,14H,3,6,8H2,1-2H3. The summed E-state index contributed by atoms with van der Waals surface area (Å²) in [5.74, 6) is 0.679. The van der Waals surface area contributed by atoms with E-state index in [0.29, 0.717) is 17.3 Å². The largest absolute Gasteiger partial charge is 0.308 e. The van der Waals surface area contributed by atoms with Gasteiger partial charge in [0, 0.05) is 12.6 Å². The van der Waals surface area contributed by atoms with E-state index in [1.54, 1.807) is 13.2 Å². The second kappa shape index (κ2) is 6.58. The molecule has 0 aromatic carbocycles. The molecule has 0 aliphatic carbocycles. The summed E-state index contributed by atoms with van der Waals surface area (Å²) in [4.78, 5) is 5.81. The number of hydrogen-bond acceptors (Lipinski definition) is 5.